The van der Waals surface area contributed by atoms with Gasteiger partial charge < -0.3 is 15.2 Å². The lowest BCUT2D eigenvalue weighted by atomic mass is 9.87. The van der Waals surface area contributed by atoms with Crippen LogP contribution < -0.4 is 10.2 Å². The molecule has 0 bridgehead atoms. The number of nitrogens with one attached hydrogen (secondary N) is 2. The number of carbonyl (C=O) groups is 3. The number of imide groups is 1. The third kappa shape index (κ3) is 3.06. The van der Waals surface area contributed by atoms with E-state index in [1.165, 1.54) is 0 Å². The van der Waals surface area contributed by atoms with Gasteiger partial charge in [0, 0.05) is 36.4 Å². The minimum atomic E-state index is -1.18. The molecule has 0 aliphatic carbocycles. The molecule has 0 saturated carbocycles. The Labute approximate surface area is 201 Å². The third-order valence-corrected chi connectivity index (χ3v) is 7.03. The molecular weight excluding hydrogens is 442 g/mol. The number of rotatable bonds is 4. The minimum Gasteiger partial charge on any atom is -0.356 e. The van der Waals surface area contributed by atoms with E-state index in [0.717, 1.165) is 32.6 Å². The number of benzene rings is 2. The van der Waals surface area contributed by atoms with E-state index < -0.39 is 11.6 Å². The Morgan fingerprint density at radius 2 is 1.89 bits per heavy atom. The van der Waals surface area contributed by atoms with Crippen molar-refractivity contribution < 1.29 is 14.4 Å². The van der Waals surface area contributed by atoms with E-state index in [9.17, 15) is 14.4 Å². The van der Waals surface area contributed by atoms with Gasteiger partial charge in [-0.05, 0) is 48.7 Å². The number of H-pyrrole nitrogens is 1. The SMILES string of the molecule is CC12C(=O)N(c3ccccc3C(=O)NCc3cccnc3)C(=O)N1CCc1c2[nH]c2ccccc12. The summed E-state index contributed by atoms with van der Waals surface area (Å²) in [5, 5.41) is 3.93. The average molecular weight is 466 g/mol. The summed E-state index contributed by atoms with van der Waals surface area (Å²) in [6, 6.07) is 17.9. The van der Waals surface area contributed by atoms with Crippen LogP contribution in [0.3, 0.4) is 0 Å². The van der Waals surface area contributed by atoms with Crippen molar-refractivity contribution in [2.75, 3.05) is 11.4 Å². The highest BCUT2D eigenvalue weighted by molar-refractivity contribution is 6.25. The molecule has 4 amide bonds. The molecule has 4 aromatic rings. The van der Waals surface area contributed by atoms with Crippen molar-refractivity contribution in [3.05, 3.63) is 95.4 Å². The number of carbonyl (C=O) groups excluding carboxylic acids is 3. The van der Waals surface area contributed by atoms with Gasteiger partial charge in [-0.25, -0.2) is 9.69 Å². The number of aromatic amines is 1. The van der Waals surface area contributed by atoms with Gasteiger partial charge in [0.25, 0.3) is 11.8 Å². The van der Waals surface area contributed by atoms with Crippen LogP contribution in [0, 0.1) is 0 Å². The maximum absolute atomic E-state index is 14.0. The lowest BCUT2D eigenvalue weighted by Gasteiger charge is -2.35. The van der Waals surface area contributed by atoms with Crippen molar-refractivity contribution in [3.8, 4) is 0 Å². The number of hydrogen-bond acceptors (Lipinski definition) is 4. The highest BCUT2D eigenvalue weighted by atomic mass is 16.2. The van der Waals surface area contributed by atoms with Gasteiger partial charge in [-0.1, -0.05) is 36.4 Å². The molecule has 2 aromatic heterocycles. The maximum atomic E-state index is 14.0. The first-order valence-corrected chi connectivity index (χ1v) is 11.5. The largest absolute Gasteiger partial charge is 0.356 e. The Balaban J connectivity index is 1.37. The second-order valence-electron chi connectivity index (χ2n) is 8.98. The Morgan fingerprint density at radius 3 is 2.71 bits per heavy atom. The van der Waals surface area contributed by atoms with Gasteiger partial charge in [0.1, 0.15) is 0 Å². The fourth-order valence-corrected chi connectivity index (χ4v) is 5.25. The van der Waals surface area contributed by atoms with E-state index in [2.05, 4.69) is 15.3 Å². The van der Waals surface area contributed by atoms with E-state index in [1.807, 2.05) is 30.3 Å². The van der Waals surface area contributed by atoms with E-state index in [-0.39, 0.29) is 29.6 Å². The fourth-order valence-electron chi connectivity index (χ4n) is 5.25. The predicted molar refractivity (Wildman–Crippen MR) is 131 cm³/mol. The topological polar surface area (TPSA) is 98.4 Å². The highest BCUT2D eigenvalue weighted by Crippen LogP contribution is 2.45. The van der Waals surface area contributed by atoms with Crippen LogP contribution in [0.25, 0.3) is 10.9 Å². The number of para-hydroxylation sites is 2. The van der Waals surface area contributed by atoms with Crippen LogP contribution in [0.2, 0.25) is 0 Å². The van der Waals surface area contributed by atoms with E-state index in [4.69, 9.17) is 0 Å². The fraction of sp³-hybridized carbons (Fsp3) is 0.185. The van der Waals surface area contributed by atoms with Gasteiger partial charge >= 0.3 is 6.03 Å². The van der Waals surface area contributed by atoms with Crippen molar-refractivity contribution >= 4 is 34.4 Å². The summed E-state index contributed by atoms with van der Waals surface area (Å²) in [4.78, 5) is 50.9. The zero-order valence-electron chi connectivity index (χ0n) is 19.1. The zero-order chi connectivity index (χ0) is 24.2. The van der Waals surface area contributed by atoms with Crippen molar-refractivity contribution in [2.24, 2.45) is 0 Å². The summed E-state index contributed by atoms with van der Waals surface area (Å²) in [6.07, 6.45) is 3.99. The van der Waals surface area contributed by atoms with Crippen molar-refractivity contribution in [1.29, 1.82) is 0 Å². The van der Waals surface area contributed by atoms with Crippen LogP contribution >= 0.6 is 0 Å². The lowest BCUT2D eigenvalue weighted by molar-refractivity contribution is -0.125. The molecular formula is C27H23N5O3. The number of pyridine rings is 1. The molecule has 8 heteroatoms. The number of aromatic nitrogens is 2. The summed E-state index contributed by atoms with van der Waals surface area (Å²) in [5.74, 6) is -0.742. The minimum absolute atomic E-state index is 0.262. The van der Waals surface area contributed by atoms with Crippen LogP contribution in [0.5, 0.6) is 0 Å². The van der Waals surface area contributed by atoms with Gasteiger partial charge in [0.05, 0.1) is 16.9 Å². The predicted octanol–water partition coefficient (Wildman–Crippen LogP) is 3.73. The van der Waals surface area contributed by atoms with E-state index >= 15 is 0 Å². The molecule has 2 aliphatic rings. The Hall–Kier alpha value is -4.46. The molecule has 2 aliphatic heterocycles. The third-order valence-electron chi connectivity index (χ3n) is 7.03. The van der Waals surface area contributed by atoms with Gasteiger partial charge in [0.2, 0.25) is 0 Å². The Bertz CT molecular complexity index is 1500. The number of fused-ring (bicyclic) bond motifs is 5. The molecule has 1 unspecified atom stereocenters. The van der Waals surface area contributed by atoms with Crippen molar-refractivity contribution in [1.82, 2.24) is 20.2 Å². The summed E-state index contributed by atoms with van der Waals surface area (Å²) in [5.41, 5.74) is 2.95. The molecule has 0 radical (unpaired) electrons. The normalized spacial score (nSPS) is 19.1. The van der Waals surface area contributed by atoms with Gasteiger partial charge in [-0.3, -0.25) is 14.6 Å². The average Bonchev–Trinajstić information content (AvgIpc) is 3.37. The highest BCUT2D eigenvalue weighted by Gasteiger charge is 2.59. The summed E-state index contributed by atoms with van der Waals surface area (Å²) in [7, 11) is 0. The second-order valence-corrected chi connectivity index (χ2v) is 8.98. The number of amides is 4. The lowest BCUT2D eigenvalue weighted by Crippen LogP contribution is -2.49. The van der Waals surface area contributed by atoms with Crippen LogP contribution in [0.1, 0.15) is 34.1 Å². The zero-order valence-corrected chi connectivity index (χ0v) is 19.1. The summed E-state index contributed by atoms with van der Waals surface area (Å²) >= 11 is 0. The molecule has 2 aromatic carbocycles. The summed E-state index contributed by atoms with van der Waals surface area (Å²) < 4.78 is 0. The van der Waals surface area contributed by atoms with Crippen LogP contribution in [-0.2, 0) is 23.3 Å². The van der Waals surface area contributed by atoms with Crippen LogP contribution in [0.15, 0.2) is 73.1 Å². The molecule has 6 rings (SSSR count). The Morgan fingerprint density at radius 1 is 1.09 bits per heavy atom. The molecule has 2 N–H and O–H groups in total. The van der Waals surface area contributed by atoms with Crippen LogP contribution in [-0.4, -0.2) is 39.3 Å². The molecule has 1 saturated heterocycles. The van der Waals surface area contributed by atoms with E-state index in [1.54, 1.807) is 54.5 Å². The van der Waals surface area contributed by atoms with Gasteiger partial charge in [0.15, 0.2) is 5.54 Å². The summed E-state index contributed by atoms with van der Waals surface area (Å²) in [6.45, 7) is 2.48. The molecule has 1 atom stereocenters. The monoisotopic (exact) mass is 465 g/mol. The van der Waals surface area contributed by atoms with Gasteiger partial charge in [-0.2, -0.15) is 0 Å². The number of urea groups is 1. The molecule has 0 spiro atoms. The molecule has 35 heavy (non-hydrogen) atoms. The Kier molecular flexibility index (Phi) is 4.70. The molecule has 1 fully saturated rings. The van der Waals surface area contributed by atoms with Crippen molar-refractivity contribution in [2.45, 2.75) is 25.4 Å². The van der Waals surface area contributed by atoms with Crippen LogP contribution in [0.4, 0.5) is 10.5 Å². The second kappa shape index (κ2) is 7.80. The smallest absolute Gasteiger partial charge is 0.332 e. The van der Waals surface area contributed by atoms with E-state index in [0.29, 0.717) is 13.0 Å². The number of hydrogen-bond donors (Lipinski definition) is 2. The quantitative estimate of drug-likeness (QED) is 0.449. The number of anilines is 1. The number of nitrogens with zero attached hydrogens (tertiary/aromatic N) is 3. The first-order chi connectivity index (χ1) is 17.0. The van der Waals surface area contributed by atoms with Crippen molar-refractivity contribution in [3.63, 3.8) is 0 Å². The maximum Gasteiger partial charge on any atom is 0.332 e. The van der Waals surface area contributed by atoms with Gasteiger partial charge in [-0.15, -0.1) is 0 Å². The first-order valence-electron chi connectivity index (χ1n) is 11.5. The molecule has 8 nitrogen and oxygen atoms in total. The molecule has 4 heterocycles. The first kappa shape index (κ1) is 21.1. The standard InChI is InChI=1S/C27H23N5O3/c1-27-23-19(18-8-2-4-10-21(18)30-23)12-14-31(27)26(35)32(25(27)34)22-11-5-3-9-20(22)24(33)29-16-17-7-6-13-28-15-17/h2-11,13,15,30H,12,14,16H2,1H3,(H,29,33). The molecule has 174 valence electrons.